The van der Waals surface area contributed by atoms with E-state index in [1.807, 2.05) is 44.2 Å². The van der Waals surface area contributed by atoms with Crippen LogP contribution in [0.2, 0.25) is 0 Å². The number of pyridine rings is 1. The second-order valence-corrected chi connectivity index (χ2v) is 7.47. The maximum Gasteiger partial charge on any atom is 0.341 e. The number of nitrogens with zero attached hydrogens (tertiary/aromatic N) is 3. The minimum absolute atomic E-state index is 0.0610. The van der Waals surface area contributed by atoms with Gasteiger partial charge in [0.1, 0.15) is 10.8 Å². The first-order chi connectivity index (χ1) is 14.6. The first-order valence-electron chi connectivity index (χ1n) is 9.28. The third-order valence-electron chi connectivity index (χ3n) is 4.46. The van der Waals surface area contributed by atoms with Gasteiger partial charge in [-0.15, -0.1) is 11.8 Å². The number of hydrogen-bond donors (Lipinski definition) is 0. The van der Waals surface area contributed by atoms with Crippen molar-refractivity contribution < 1.29 is 18.5 Å². The largest absolute Gasteiger partial charge is 0.452 e. The molecule has 0 saturated carbocycles. The van der Waals surface area contributed by atoms with E-state index in [1.165, 1.54) is 11.8 Å². The molecule has 0 amide bonds. The molecule has 0 atom stereocenters. The van der Waals surface area contributed by atoms with Crippen LogP contribution in [0.1, 0.15) is 33.3 Å². The molecule has 0 bridgehead atoms. The Balaban J connectivity index is 1.41. The molecule has 0 aliphatic carbocycles. The van der Waals surface area contributed by atoms with Crippen LogP contribution in [0, 0.1) is 13.8 Å². The number of ether oxygens (including phenoxy) is 1. The first kappa shape index (κ1) is 19.9. The highest BCUT2D eigenvalue weighted by molar-refractivity contribution is 7.98. The van der Waals surface area contributed by atoms with Crippen LogP contribution in [-0.2, 0) is 17.1 Å². The van der Waals surface area contributed by atoms with E-state index >= 15 is 0 Å². The van der Waals surface area contributed by atoms with Gasteiger partial charge >= 0.3 is 5.97 Å². The lowest BCUT2D eigenvalue weighted by molar-refractivity contribution is 0.0434. The van der Waals surface area contributed by atoms with E-state index in [2.05, 4.69) is 15.1 Å². The summed E-state index contributed by atoms with van der Waals surface area (Å²) in [5.41, 5.74) is 3.13. The van der Waals surface area contributed by atoms with Gasteiger partial charge in [-0.1, -0.05) is 35.5 Å². The lowest BCUT2D eigenvalue weighted by Gasteiger charge is -2.07. The van der Waals surface area contributed by atoms with Crippen LogP contribution in [0.3, 0.4) is 0 Å². The minimum Gasteiger partial charge on any atom is -0.452 e. The Morgan fingerprint density at radius 1 is 1.10 bits per heavy atom. The highest BCUT2D eigenvalue weighted by Crippen LogP contribution is 2.28. The molecule has 0 radical (unpaired) electrons. The Labute approximate surface area is 177 Å². The van der Waals surface area contributed by atoms with Gasteiger partial charge in [0.15, 0.2) is 12.4 Å². The van der Waals surface area contributed by atoms with Gasteiger partial charge in [0.25, 0.3) is 0 Å². The molecule has 0 aliphatic rings. The third kappa shape index (κ3) is 4.44. The highest BCUT2D eigenvalue weighted by Gasteiger charge is 2.17. The predicted molar refractivity (Wildman–Crippen MR) is 111 cm³/mol. The van der Waals surface area contributed by atoms with E-state index in [0.29, 0.717) is 28.0 Å². The fourth-order valence-electron chi connectivity index (χ4n) is 2.83. The maximum atomic E-state index is 12.6. The number of thioether (sulfide) groups is 1. The Morgan fingerprint density at radius 3 is 2.70 bits per heavy atom. The molecule has 0 spiro atoms. The summed E-state index contributed by atoms with van der Waals surface area (Å²) >= 11 is 1.43. The number of benzene rings is 1. The van der Waals surface area contributed by atoms with E-state index in [4.69, 9.17) is 13.7 Å². The number of carbonyl (C=O) groups excluding carboxylic acids is 1. The van der Waals surface area contributed by atoms with Gasteiger partial charge in [0.05, 0.1) is 17.5 Å². The summed E-state index contributed by atoms with van der Waals surface area (Å²) in [6.45, 7) is 3.69. The van der Waals surface area contributed by atoms with E-state index in [-0.39, 0.29) is 6.61 Å². The van der Waals surface area contributed by atoms with Gasteiger partial charge in [-0.3, -0.25) is 0 Å². The molecular formula is C22H19N3O4S. The Morgan fingerprint density at radius 2 is 1.93 bits per heavy atom. The number of esters is 1. The second-order valence-electron chi connectivity index (χ2n) is 6.51. The molecule has 30 heavy (non-hydrogen) atoms. The quantitative estimate of drug-likeness (QED) is 0.304. The Bertz CT molecular complexity index is 1130. The smallest absolute Gasteiger partial charge is 0.341 e. The van der Waals surface area contributed by atoms with Crippen molar-refractivity contribution >= 4 is 17.7 Å². The summed E-state index contributed by atoms with van der Waals surface area (Å²) in [6, 6.07) is 13.0. The summed E-state index contributed by atoms with van der Waals surface area (Å²) in [4.78, 5) is 21.2. The standard InChI is InChI=1S/C22H19N3O4S/c1-14-18(15(2)29-25-14)13-30-21-17(9-6-10-23-21)22(26)27-12-20-24-11-19(28-20)16-7-4-3-5-8-16/h3-11H,12-13H2,1-2H3. The molecule has 4 aromatic rings. The molecule has 0 N–H and O–H groups in total. The van der Waals surface area contributed by atoms with Crippen molar-refractivity contribution in [3.05, 3.63) is 83.3 Å². The van der Waals surface area contributed by atoms with Gasteiger partial charge in [0, 0.05) is 23.1 Å². The zero-order valence-corrected chi connectivity index (χ0v) is 17.3. The van der Waals surface area contributed by atoms with Crippen molar-refractivity contribution in [3.8, 4) is 11.3 Å². The summed E-state index contributed by atoms with van der Waals surface area (Å²) in [5.74, 6) is 1.83. The number of rotatable bonds is 7. The lowest BCUT2D eigenvalue weighted by atomic mass is 10.2. The number of aryl methyl sites for hydroxylation is 2. The van der Waals surface area contributed by atoms with Crippen LogP contribution in [0.15, 0.2) is 68.8 Å². The van der Waals surface area contributed by atoms with Crippen LogP contribution >= 0.6 is 11.8 Å². The third-order valence-corrected chi connectivity index (χ3v) is 5.50. The molecule has 0 saturated heterocycles. The topological polar surface area (TPSA) is 91.2 Å². The van der Waals surface area contributed by atoms with Gasteiger partial charge in [-0.25, -0.2) is 14.8 Å². The van der Waals surface area contributed by atoms with Crippen molar-refractivity contribution in [3.63, 3.8) is 0 Å². The summed E-state index contributed by atoms with van der Waals surface area (Å²) in [7, 11) is 0. The van der Waals surface area contributed by atoms with E-state index in [0.717, 1.165) is 22.6 Å². The van der Waals surface area contributed by atoms with Crippen LogP contribution in [-0.4, -0.2) is 21.1 Å². The van der Waals surface area contributed by atoms with Crippen molar-refractivity contribution in [2.75, 3.05) is 0 Å². The van der Waals surface area contributed by atoms with Gasteiger partial charge in [-0.05, 0) is 26.0 Å². The second kappa shape index (κ2) is 8.96. The SMILES string of the molecule is Cc1noc(C)c1CSc1ncccc1C(=O)OCc1ncc(-c2ccccc2)o1. The number of hydrogen-bond acceptors (Lipinski definition) is 8. The van der Waals surface area contributed by atoms with Gasteiger partial charge in [-0.2, -0.15) is 0 Å². The van der Waals surface area contributed by atoms with E-state index < -0.39 is 5.97 Å². The van der Waals surface area contributed by atoms with Crippen molar-refractivity contribution in [1.29, 1.82) is 0 Å². The minimum atomic E-state index is -0.483. The molecule has 3 aromatic heterocycles. The molecule has 0 aliphatic heterocycles. The predicted octanol–water partition coefficient (Wildman–Crippen LogP) is 4.99. The lowest BCUT2D eigenvalue weighted by Crippen LogP contribution is -2.08. The van der Waals surface area contributed by atoms with Crippen molar-refractivity contribution in [2.45, 2.75) is 31.2 Å². The Hall–Kier alpha value is -3.39. The average Bonchev–Trinajstić information content (AvgIpc) is 3.38. The van der Waals surface area contributed by atoms with Crippen molar-refractivity contribution in [1.82, 2.24) is 15.1 Å². The van der Waals surface area contributed by atoms with Crippen LogP contribution in [0.4, 0.5) is 0 Å². The molecular weight excluding hydrogens is 402 g/mol. The average molecular weight is 421 g/mol. The molecule has 0 unspecified atom stereocenters. The molecule has 8 heteroatoms. The van der Waals surface area contributed by atoms with Gasteiger partial charge < -0.3 is 13.7 Å². The zero-order chi connectivity index (χ0) is 20.9. The molecule has 1 aromatic carbocycles. The maximum absolute atomic E-state index is 12.6. The molecule has 7 nitrogen and oxygen atoms in total. The van der Waals surface area contributed by atoms with E-state index in [1.54, 1.807) is 24.5 Å². The monoisotopic (exact) mass is 421 g/mol. The molecule has 4 rings (SSSR count). The fraction of sp³-hybridized carbons (Fsp3) is 0.182. The van der Waals surface area contributed by atoms with Crippen LogP contribution in [0.5, 0.6) is 0 Å². The molecule has 152 valence electrons. The normalized spacial score (nSPS) is 10.9. The number of oxazole rings is 1. The molecule has 0 fully saturated rings. The van der Waals surface area contributed by atoms with Crippen LogP contribution < -0.4 is 0 Å². The summed E-state index contributed by atoms with van der Waals surface area (Å²) < 4.78 is 16.3. The molecule has 3 heterocycles. The van der Waals surface area contributed by atoms with Crippen LogP contribution in [0.25, 0.3) is 11.3 Å². The van der Waals surface area contributed by atoms with E-state index in [9.17, 15) is 4.79 Å². The zero-order valence-electron chi connectivity index (χ0n) is 16.5. The first-order valence-corrected chi connectivity index (χ1v) is 10.3. The fourth-order valence-corrected chi connectivity index (χ4v) is 3.96. The van der Waals surface area contributed by atoms with Crippen molar-refractivity contribution in [2.24, 2.45) is 0 Å². The summed E-state index contributed by atoms with van der Waals surface area (Å²) in [5, 5.41) is 4.54. The van der Waals surface area contributed by atoms with Gasteiger partial charge in [0.2, 0.25) is 5.89 Å². The number of aromatic nitrogens is 3. The summed E-state index contributed by atoms with van der Waals surface area (Å²) in [6.07, 6.45) is 3.26. The number of carbonyl (C=O) groups is 1. The Kier molecular flexibility index (Phi) is 5.94. The highest BCUT2D eigenvalue weighted by atomic mass is 32.2.